The third-order valence-electron chi connectivity index (χ3n) is 4.95. The van der Waals surface area contributed by atoms with Crippen molar-refractivity contribution in [1.29, 1.82) is 0 Å². The minimum absolute atomic E-state index is 0.0938. The van der Waals surface area contributed by atoms with E-state index in [-0.39, 0.29) is 12.7 Å². The summed E-state index contributed by atoms with van der Waals surface area (Å²) >= 11 is 0. The number of amides is 1. The van der Waals surface area contributed by atoms with Crippen molar-refractivity contribution in [3.63, 3.8) is 0 Å². The standard InChI is InChI=1S/C20H23N3O3/c1-22(9-5-15-4-2-6-21-12-15)7-3-8-23-13-16-10-18-19(26-14-25-18)11-17(16)20(23)24/h2,4,6,10-12H,3,5,7-9,13-14H2,1H3. The van der Waals surface area contributed by atoms with E-state index in [2.05, 4.69) is 23.0 Å². The van der Waals surface area contributed by atoms with Crippen molar-refractivity contribution in [1.82, 2.24) is 14.8 Å². The molecule has 0 atom stereocenters. The van der Waals surface area contributed by atoms with Crippen LogP contribution in [0.5, 0.6) is 11.5 Å². The van der Waals surface area contributed by atoms with Gasteiger partial charge in [0.25, 0.3) is 5.91 Å². The number of rotatable bonds is 7. The Morgan fingerprint density at radius 2 is 2.08 bits per heavy atom. The van der Waals surface area contributed by atoms with E-state index < -0.39 is 0 Å². The van der Waals surface area contributed by atoms with Gasteiger partial charge in [0.2, 0.25) is 6.79 Å². The summed E-state index contributed by atoms with van der Waals surface area (Å²) in [5, 5.41) is 0. The van der Waals surface area contributed by atoms with Crippen LogP contribution in [0.25, 0.3) is 0 Å². The van der Waals surface area contributed by atoms with Gasteiger partial charge in [0, 0.05) is 37.6 Å². The van der Waals surface area contributed by atoms with Gasteiger partial charge in [0.15, 0.2) is 11.5 Å². The lowest BCUT2D eigenvalue weighted by Crippen LogP contribution is -2.29. The zero-order valence-corrected chi connectivity index (χ0v) is 15.0. The molecule has 136 valence electrons. The first kappa shape index (κ1) is 16.8. The van der Waals surface area contributed by atoms with Crippen molar-refractivity contribution in [3.05, 3.63) is 53.3 Å². The van der Waals surface area contributed by atoms with E-state index in [1.54, 1.807) is 6.20 Å². The Labute approximate surface area is 153 Å². The van der Waals surface area contributed by atoms with Crippen LogP contribution in [0.2, 0.25) is 0 Å². The highest BCUT2D eigenvalue weighted by Gasteiger charge is 2.30. The minimum Gasteiger partial charge on any atom is -0.454 e. The number of aromatic nitrogens is 1. The fourth-order valence-electron chi connectivity index (χ4n) is 3.45. The molecule has 1 aromatic carbocycles. The summed E-state index contributed by atoms with van der Waals surface area (Å²) in [6.07, 6.45) is 5.66. The summed E-state index contributed by atoms with van der Waals surface area (Å²) in [5.74, 6) is 1.51. The van der Waals surface area contributed by atoms with Gasteiger partial charge in [-0.1, -0.05) is 6.07 Å². The molecule has 6 nitrogen and oxygen atoms in total. The predicted octanol–water partition coefficient (Wildman–Crippen LogP) is 2.33. The van der Waals surface area contributed by atoms with Gasteiger partial charge in [0.1, 0.15) is 0 Å². The van der Waals surface area contributed by atoms with Gasteiger partial charge in [-0.3, -0.25) is 9.78 Å². The van der Waals surface area contributed by atoms with Crippen LogP contribution >= 0.6 is 0 Å². The number of hydrogen-bond acceptors (Lipinski definition) is 5. The summed E-state index contributed by atoms with van der Waals surface area (Å²) in [6, 6.07) is 7.83. The number of carbonyl (C=O) groups excluding carboxylic acids is 1. The Morgan fingerprint density at radius 3 is 2.88 bits per heavy atom. The average molecular weight is 353 g/mol. The van der Waals surface area contributed by atoms with E-state index in [1.807, 2.05) is 29.3 Å². The Hall–Kier alpha value is -2.60. The molecule has 4 rings (SSSR count). The van der Waals surface area contributed by atoms with Crippen LogP contribution in [0.1, 0.15) is 27.9 Å². The van der Waals surface area contributed by atoms with Crippen LogP contribution in [-0.4, -0.2) is 54.2 Å². The predicted molar refractivity (Wildman–Crippen MR) is 97.4 cm³/mol. The lowest BCUT2D eigenvalue weighted by molar-refractivity contribution is 0.0771. The maximum atomic E-state index is 12.6. The molecule has 0 saturated heterocycles. The van der Waals surface area contributed by atoms with Crippen LogP contribution < -0.4 is 9.47 Å². The van der Waals surface area contributed by atoms with Crippen LogP contribution in [0, 0.1) is 0 Å². The number of benzene rings is 1. The van der Waals surface area contributed by atoms with Gasteiger partial charge in [-0.25, -0.2) is 0 Å². The normalized spacial score (nSPS) is 15.0. The Bertz CT molecular complexity index is 794. The molecular weight excluding hydrogens is 330 g/mol. The molecule has 6 heteroatoms. The number of ether oxygens (including phenoxy) is 2. The van der Waals surface area contributed by atoms with Crippen LogP contribution in [0.4, 0.5) is 0 Å². The largest absolute Gasteiger partial charge is 0.454 e. The molecule has 0 radical (unpaired) electrons. The van der Waals surface area contributed by atoms with E-state index in [0.29, 0.717) is 12.3 Å². The molecule has 2 aliphatic heterocycles. The van der Waals surface area contributed by atoms with Gasteiger partial charge in [-0.15, -0.1) is 0 Å². The number of hydrogen-bond donors (Lipinski definition) is 0. The fourth-order valence-corrected chi connectivity index (χ4v) is 3.45. The Kier molecular flexibility index (Phi) is 4.75. The quantitative estimate of drug-likeness (QED) is 0.765. The van der Waals surface area contributed by atoms with E-state index in [4.69, 9.17) is 9.47 Å². The summed E-state index contributed by atoms with van der Waals surface area (Å²) in [6.45, 7) is 3.60. The third-order valence-corrected chi connectivity index (χ3v) is 4.95. The van der Waals surface area contributed by atoms with Crippen LogP contribution in [-0.2, 0) is 13.0 Å². The zero-order valence-electron chi connectivity index (χ0n) is 15.0. The molecule has 3 heterocycles. The first-order chi connectivity index (χ1) is 12.7. The van der Waals surface area contributed by atoms with Crippen molar-refractivity contribution < 1.29 is 14.3 Å². The lowest BCUT2D eigenvalue weighted by Gasteiger charge is -2.20. The SMILES string of the molecule is CN(CCCN1Cc2cc3c(cc2C1=O)OCO3)CCc1cccnc1. The van der Waals surface area contributed by atoms with Gasteiger partial charge in [-0.05, 0) is 55.8 Å². The average Bonchev–Trinajstić information content (AvgIpc) is 3.23. The summed E-state index contributed by atoms with van der Waals surface area (Å²) in [7, 11) is 2.12. The molecular formula is C20H23N3O3. The molecule has 0 saturated carbocycles. The first-order valence-electron chi connectivity index (χ1n) is 9.00. The van der Waals surface area contributed by atoms with E-state index >= 15 is 0 Å². The third kappa shape index (κ3) is 3.51. The molecule has 0 fully saturated rings. The maximum Gasteiger partial charge on any atom is 0.254 e. The molecule has 0 bridgehead atoms. The minimum atomic E-state index is 0.0938. The van der Waals surface area contributed by atoms with E-state index in [0.717, 1.165) is 49.4 Å². The second-order valence-electron chi connectivity index (χ2n) is 6.86. The van der Waals surface area contributed by atoms with Crippen LogP contribution in [0.3, 0.4) is 0 Å². The molecule has 0 aliphatic carbocycles. The van der Waals surface area contributed by atoms with Gasteiger partial charge >= 0.3 is 0 Å². The first-order valence-corrected chi connectivity index (χ1v) is 9.00. The number of fused-ring (bicyclic) bond motifs is 2. The van der Waals surface area contributed by atoms with E-state index in [1.165, 1.54) is 5.56 Å². The molecule has 0 N–H and O–H groups in total. The number of carbonyl (C=O) groups is 1. The fraction of sp³-hybridized carbons (Fsp3) is 0.400. The number of pyridine rings is 1. The Morgan fingerprint density at radius 1 is 1.23 bits per heavy atom. The molecule has 1 amide bonds. The summed E-state index contributed by atoms with van der Waals surface area (Å²) in [5.41, 5.74) is 3.03. The highest BCUT2D eigenvalue weighted by atomic mass is 16.7. The van der Waals surface area contributed by atoms with Crippen molar-refractivity contribution in [2.75, 3.05) is 33.5 Å². The molecule has 2 aromatic rings. The molecule has 2 aliphatic rings. The number of likely N-dealkylation sites (N-methyl/N-ethyl adjacent to an activating group) is 1. The van der Waals surface area contributed by atoms with E-state index in [9.17, 15) is 4.79 Å². The molecule has 0 unspecified atom stereocenters. The second kappa shape index (κ2) is 7.33. The van der Waals surface area contributed by atoms with Gasteiger partial charge < -0.3 is 19.3 Å². The highest BCUT2D eigenvalue weighted by molar-refractivity contribution is 5.99. The van der Waals surface area contributed by atoms with Gasteiger partial charge in [-0.2, -0.15) is 0 Å². The van der Waals surface area contributed by atoms with Crippen molar-refractivity contribution in [2.45, 2.75) is 19.4 Å². The highest BCUT2D eigenvalue weighted by Crippen LogP contribution is 2.37. The molecule has 0 spiro atoms. The van der Waals surface area contributed by atoms with Crippen molar-refractivity contribution in [3.8, 4) is 11.5 Å². The smallest absolute Gasteiger partial charge is 0.254 e. The van der Waals surface area contributed by atoms with Crippen molar-refractivity contribution in [2.24, 2.45) is 0 Å². The topological polar surface area (TPSA) is 54.9 Å². The number of nitrogens with zero attached hydrogens (tertiary/aromatic N) is 3. The maximum absolute atomic E-state index is 12.6. The summed E-state index contributed by atoms with van der Waals surface area (Å²) in [4.78, 5) is 21.0. The Balaban J connectivity index is 1.24. The molecule has 26 heavy (non-hydrogen) atoms. The van der Waals surface area contributed by atoms with Crippen molar-refractivity contribution >= 4 is 5.91 Å². The molecule has 1 aromatic heterocycles. The second-order valence-corrected chi connectivity index (χ2v) is 6.86. The van der Waals surface area contributed by atoms with Crippen LogP contribution in [0.15, 0.2) is 36.7 Å². The monoisotopic (exact) mass is 353 g/mol. The lowest BCUT2D eigenvalue weighted by atomic mass is 10.1. The zero-order chi connectivity index (χ0) is 17.9. The van der Waals surface area contributed by atoms with Gasteiger partial charge in [0.05, 0.1) is 0 Å². The summed E-state index contributed by atoms with van der Waals surface area (Å²) < 4.78 is 10.8.